The van der Waals surface area contributed by atoms with E-state index in [1.165, 1.54) is 42.5 Å². The van der Waals surface area contributed by atoms with E-state index in [1.54, 1.807) is 6.08 Å². The van der Waals surface area contributed by atoms with Gasteiger partial charge in [0.05, 0.1) is 5.57 Å². The molecule has 1 N–H and O–H groups in total. The van der Waals surface area contributed by atoms with Crippen molar-refractivity contribution in [1.82, 2.24) is 9.58 Å². The topological polar surface area (TPSA) is 73.8 Å². The second-order valence-corrected chi connectivity index (χ2v) is 9.22. The average Bonchev–Trinajstić information content (AvgIpc) is 3.31. The number of nitrogens with one attached hydrogen (secondary N) is 1. The Kier molecular flexibility index (Phi) is 6.74. The Balaban J connectivity index is 1.55. The Morgan fingerprint density at radius 3 is 2.59 bits per heavy atom. The number of benzene rings is 1. The predicted octanol–water partition coefficient (Wildman–Crippen LogP) is 6.07. The number of amidine groups is 2. The molecule has 1 aromatic carbocycles. The number of carbonyl (C=O) groups is 1. The lowest BCUT2D eigenvalue weighted by Crippen LogP contribution is -2.35. The van der Waals surface area contributed by atoms with Crippen molar-refractivity contribution in [2.45, 2.75) is 59.3 Å². The van der Waals surface area contributed by atoms with Gasteiger partial charge in [-0.3, -0.25) is 10.2 Å². The van der Waals surface area contributed by atoms with Gasteiger partial charge >= 0.3 is 0 Å². The number of hydrogen-bond acceptors (Lipinski definition) is 4. The SMILES string of the molecule is CCCCCCCC1=NN2C(=N)C(=Cc3cc(C)n(-c4ccccc4)c3C)C(=O)N=C2S1. The molecule has 0 saturated heterocycles. The van der Waals surface area contributed by atoms with Crippen molar-refractivity contribution in [3.63, 3.8) is 0 Å². The standard InChI is InChI=1S/C25H29N5OS/c1-4-5-6-7-11-14-22-28-30-23(26)21(24(31)27-25(30)32-22)16-19-15-17(2)29(18(19)3)20-12-9-8-10-13-20/h8-10,12-13,15-16,26H,4-7,11,14H2,1-3H3. The third-order valence-corrected chi connectivity index (χ3v) is 6.74. The van der Waals surface area contributed by atoms with Gasteiger partial charge in [-0.15, -0.1) is 0 Å². The molecule has 2 aliphatic rings. The number of aryl methyl sites for hydroxylation is 1. The van der Waals surface area contributed by atoms with Crippen molar-refractivity contribution < 1.29 is 4.79 Å². The van der Waals surface area contributed by atoms with E-state index in [9.17, 15) is 4.79 Å². The maximum absolute atomic E-state index is 12.8. The van der Waals surface area contributed by atoms with E-state index in [0.29, 0.717) is 5.17 Å². The van der Waals surface area contributed by atoms with Gasteiger partial charge in [0.2, 0.25) is 5.17 Å². The molecular weight excluding hydrogens is 418 g/mol. The number of unbranched alkanes of at least 4 members (excludes halogenated alkanes) is 4. The van der Waals surface area contributed by atoms with Gasteiger partial charge in [0.15, 0.2) is 5.84 Å². The normalized spacial score (nSPS) is 17.1. The van der Waals surface area contributed by atoms with E-state index in [1.807, 2.05) is 38.1 Å². The molecule has 2 aromatic rings. The Labute approximate surface area is 193 Å². The second kappa shape index (κ2) is 9.69. The molecule has 1 aromatic heterocycles. The first-order valence-electron chi connectivity index (χ1n) is 11.2. The highest BCUT2D eigenvalue weighted by Gasteiger charge is 2.35. The lowest BCUT2D eigenvalue weighted by atomic mass is 10.1. The van der Waals surface area contributed by atoms with Crippen LogP contribution in [0.15, 0.2) is 52.1 Å². The fourth-order valence-electron chi connectivity index (χ4n) is 4.08. The molecule has 0 atom stereocenters. The van der Waals surface area contributed by atoms with Crippen LogP contribution in [-0.2, 0) is 4.79 Å². The molecule has 7 heteroatoms. The van der Waals surface area contributed by atoms with Crippen LogP contribution in [0.5, 0.6) is 0 Å². The summed E-state index contributed by atoms with van der Waals surface area (Å²) in [4.78, 5) is 17.0. The molecule has 0 saturated carbocycles. The van der Waals surface area contributed by atoms with Gasteiger partial charge in [0, 0.05) is 17.1 Å². The van der Waals surface area contributed by atoms with Crippen LogP contribution >= 0.6 is 11.8 Å². The molecule has 32 heavy (non-hydrogen) atoms. The molecule has 1 amide bonds. The number of rotatable bonds is 8. The Morgan fingerprint density at radius 2 is 1.84 bits per heavy atom. The molecule has 0 radical (unpaired) electrons. The molecule has 0 bridgehead atoms. The fourth-order valence-corrected chi connectivity index (χ4v) is 5.00. The van der Waals surface area contributed by atoms with E-state index in [0.717, 1.165) is 40.5 Å². The molecule has 2 aliphatic heterocycles. The molecule has 166 valence electrons. The van der Waals surface area contributed by atoms with Crippen LogP contribution < -0.4 is 0 Å². The lowest BCUT2D eigenvalue weighted by molar-refractivity contribution is -0.114. The van der Waals surface area contributed by atoms with Gasteiger partial charge in [-0.25, -0.2) is 0 Å². The molecule has 0 fully saturated rings. The number of carbonyl (C=O) groups excluding carboxylic acids is 1. The number of hydrazone groups is 1. The summed E-state index contributed by atoms with van der Waals surface area (Å²) >= 11 is 1.41. The first-order chi connectivity index (χ1) is 15.5. The third kappa shape index (κ3) is 4.48. The van der Waals surface area contributed by atoms with Crippen molar-refractivity contribution in [3.05, 3.63) is 58.9 Å². The first-order valence-corrected chi connectivity index (χ1v) is 12.0. The van der Waals surface area contributed by atoms with Crippen LogP contribution in [0.3, 0.4) is 0 Å². The number of nitrogens with zero attached hydrogens (tertiary/aromatic N) is 4. The minimum Gasteiger partial charge on any atom is -0.318 e. The lowest BCUT2D eigenvalue weighted by Gasteiger charge is -2.20. The number of amides is 1. The van der Waals surface area contributed by atoms with Gasteiger partial charge in [-0.2, -0.15) is 15.1 Å². The van der Waals surface area contributed by atoms with E-state index in [2.05, 4.69) is 33.7 Å². The average molecular weight is 448 g/mol. The van der Waals surface area contributed by atoms with Crippen molar-refractivity contribution >= 4 is 39.8 Å². The van der Waals surface area contributed by atoms with E-state index < -0.39 is 0 Å². The van der Waals surface area contributed by atoms with Crippen molar-refractivity contribution in [1.29, 1.82) is 5.41 Å². The number of para-hydroxylation sites is 1. The van der Waals surface area contributed by atoms with Crippen LogP contribution in [0.1, 0.15) is 62.4 Å². The smallest absolute Gasteiger partial charge is 0.283 e. The van der Waals surface area contributed by atoms with Gasteiger partial charge in [0.25, 0.3) is 5.91 Å². The van der Waals surface area contributed by atoms with Crippen molar-refractivity contribution in [2.75, 3.05) is 0 Å². The van der Waals surface area contributed by atoms with Gasteiger partial charge in [-0.1, -0.05) is 50.8 Å². The summed E-state index contributed by atoms with van der Waals surface area (Å²) in [6.45, 7) is 6.28. The number of aliphatic imine (C=N–C) groups is 1. The highest BCUT2D eigenvalue weighted by molar-refractivity contribution is 8.26. The molecule has 0 aliphatic carbocycles. The third-order valence-electron chi connectivity index (χ3n) is 5.78. The second-order valence-electron chi connectivity index (χ2n) is 8.18. The highest BCUT2D eigenvalue weighted by atomic mass is 32.2. The Bertz CT molecular complexity index is 1130. The van der Waals surface area contributed by atoms with Gasteiger partial charge in [-0.05, 0) is 68.3 Å². The fraction of sp³-hybridized carbons (Fsp3) is 0.360. The monoisotopic (exact) mass is 447 g/mol. The summed E-state index contributed by atoms with van der Waals surface area (Å²) in [5.41, 5.74) is 4.34. The zero-order chi connectivity index (χ0) is 22.7. The maximum atomic E-state index is 12.8. The largest absolute Gasteiger partial charge is 0.318 e. The molecular formula is C25H29N5OS. The highest BCUT2D eigenvalue weighted by Crippen LogP contribution is 2.31. The van der Waals surface area contributed by atoms with Crippen molar-refractivity contribution in [2.24, 2.45) is 10.1 Å². The summed E-state index contributed by atoms with van der Waals surface area (Å²) < 4.78 is 2.15. The van der Waals surface area contributed by atoms with E-state index >= 15 is 0 Å². The molecule has 4 rings (SSSR count). The summed E-state index contributed by atoms with van der Waals surface area (Å²) in [5.74, 6) is -0.282. The Morgan fingerprint density at radius 1 is 1.09 bits per heavy atom. The Hall–Kier alpha value is -2.93. The van der Waals surface area contributed by atoms with Crippen molar-refractivity contribution in [3.8, 4) is 5.69 Å². The molecule has 0 spiro atoms. The predicted molar refractivity (Wildman–Crippen MR) is 134 cm³/mol. The van der Waals surface area contributed by atoms with Crippen LogP contribution in [0.4, 0.5) is 0 Å². The summed E-state index contributed by atoms with van der Waals surface area (Å²) in [7, 11) is 0. The van der Waals surface area contributed by atoms with Gasteiger partial charge < -0.3 is 4.57 Å². The summed E-state index contributed by atoms with van der Waals surface area (Å²) in [6.07, 6.45) is 8.61. The van der Waals surface area contributed by atoms with Gasteiger partial charge in [0.1, 0.15) is 5.04 Å². The van der Waals surface area contributed by atoms with E-state index in [4.69, 9.17) is 5.41 Å². The zero-order valence-corrected chi connectivity index (χ0v) is 19.7. The quantitative estimate of drug-likeness (QED) is 0.394. The van der Waals surface area contributed by atoms with Crippen LogP contribution in [0.2, 0.25) is 0 Å². The number of aromatic nitrogens is 1. The molecule has 3 heterocycles. The number of thioether (sulfide) groups is 1. The minimum atomic E-state index is -0.377. The van der Waals surface area contributed by atoms with Crippen LogP contribution in [-0.4, -0.2) is 31.5 Å². The number of fused-ring (bicyclic) bond motifs is 1. The first kappa shape index (κ1) is 22.3. The minimum absolute atomic E-state index is 0.0954. The van der Waals surface area contributed by atoms with Crippen LogP contribution in [0, 0.1) is 19.3 Å². The molecule has 0 unspecified atom stereocenters. The number of hydrogen-bond donors (Lipinski definition) is 1. The van der Waals surface area contributed by atoms with E-state index in [-0.39, 0.29) is 17.3 Å². The van der Waals surface area contributed by atoms with Crippen LogP contribution in [0.25, 0.3) is 11.8 Å². The summed E-state index contributed by atoms with van der Waals surface area (Å²) in [6, 6.07) is 12.2. The maximum Gasteiger partial charge on any atom is 0.283 e. The summed E-state index contributed by atoms with van der Waals surface area (Å²) in [5, 5.41) is 16.2. The zero-order valence-electron chi connectivity index (χ0n) is 18.9. The molecule has 6 nitrogen and oxygen atoms in total.